The van der Waals surface area contributed by atoms with E-state index < -0.39 is 5.56 Å². The van der Waals surface area contributed by atoms with Crippen LogP contribution in [0.1, 0.15) is 5.56 Å². The molecule has 0 amide bonds. The first-order valence-corrected chi connectivity index (χ1v) is 8.86. The van der Waals surface area contributed by atoms with Gasteiger partial charge in [0.2, 0.25) is 0 Å². The fourth-order valence-corrected chi connectivity index (χ4v) is 3.02. The van der Waals surface area contributed by atoms with Crippen molar-refractivity contribution in [3.63, 3.8) is 0 Å². The lowest BCUT2D eigenvalue weighted by atomic mass is 10.0. The van der Waals surface area contributed by atoms with E-state index in [0.29, 0.717) is 11.3 Å². The summed E-state index contributed by atoms with van der Waals surface area (Å²) in [5.74, 6) is 0.105. The molecule has 1 aromatic heterocycles. The first-order chi connectivity index (χ1) is 13.6. The van der Waals surface area contributed by atoms with Crippen LogP contribution in [0.3, 0.4) is 0 Å². The average Bonchev–Trinajstić information content (AvgIpc) is 2.73. The van der Waals surface area contributed by atoms with Gasteiger partial charge in [0.05, 0.1) is 18.1 Å². The summed E-state index contributed by atoms with van der Waals surface area (Å²) in [6, 6.07) is 20.1. The summed E-state index contributed by atoms with van der Waals surface area (Å²) in [5, 5.41) is 20.2. The van der Waals surface area contributed by atoms with Crippen molar-refractivity contribution in [3.8, 4) is 11.4 Å². The van der Waals surface area contributed by atoms with Gasteiger partial charge in [0.25, 0.3) is 5.56 Å². The minimum absolute atomic E-state index is 0.0295. The zero-order chi connectivity index (χ0) is 19.5. The number of benzene rings is 3. The van der Waals surface area contributed by atoms with Gasteiger partial charge in [-0.05, 0) is 29.0 Å². The van der Waals surface area contributed by atoms with Gasteiger partial charge < -0.3 is 5.11 Å². The van der Waals surface area contributed by atoms with Gasteiger partial charge in [-0.25, -0.2) is 0 Å². The van der Waals surface area contributed by atoms with E-state index in [1.54, 1.807) is 18.2 Å². The number of nitrogens with one attached hydrogen (secondary N) is 1. The van der Waals surface area contributed by atoms with Crippen molar-refractivity contribution in [2.75, 3.05) is 5.43 Å². The Hall–Kier alpha value is -3.64. The van der Waals surface area contributed by atoms with Crippen LogP contribution in [-0.4, -0.2) is 21.1 Å². The molecule has 6 nitrogen and oxygen atoms in total. The topological polar surface area (TPSA) is 79.5 Å². The van der Waals surface area contributed by atoms with E-state index in [4.69, 9.17) is 11.6 Å². The molecule has 0 aliphatic rings. The van der Waals surface area contributed by atoms with Gasteiger partial charge in [0.1, 0.15) is 16.5 Å². The number of rotatable bonds is 4. The highest BCUT2D eigenvalue weighted by Crippen LogP contribution is 2.25. The number of phenolic OH excluding ortho intramolecular Hbond substituents is 1. The summed E-state index contributed by atoms with van der Waals surface area (Å²) in [7, 11) is 0. The Labute approximate surface area is 165 Å². The lowest BCUT2D eigenvalue weighted by Gasteiger charge is -2.08. The summed E-state index contributed by atoms with van der Waals surface area (Å²) in [4.78, 5) is 12.5. The van der Waals surface area contributed by atoms with Gasteiger partial charge in [-0.2, -0.15) is 14.9 Å². The Morgan fingerprint density at radius 1 is 1.04 bits per heavy atom. The predicted octanol–water partition coefficient (Wildman–Crippen LogP) is 4.19. The molecule has 3 aromatic carbocycles. The minimum Gasteiger partial charge on any atom is -0.507 e. The normalized spacial score (nSPS) is 11.2. The van der Waals surface area contributed by atoms with Gasteiger partial charge in [-0.3, -0.25) is 10.2 Å². The highest BCUT2D eigenvalue weighted by atomic mass is 35.5. The number of halogens is 1. The largest absolute Gasteiger partial charge is 0.507 e. The molecule has 0 spiro atoms. The highest BCUT2D eigenvalue weighted by molar-refractivity contribution is 6.33. The van der Waals surface area contributed by atoms with E-state index in [1.165, 1.54) is 17.1 Å². The van der Waals surface area contributed by atoms with Crippen LogP contribution in [0.25, 0.3) is 16.5 Å². The van der Waals surface area contributed by atoms with Crippen LogP contribution in [0, 0.1) is 0 Å². The lowest BCUT2D eigenvalue weighted by molar-refractivity contribution is 0.475. The molecule has 0 unspecified atom stereocenters. The second-order valence-corrected chi connectivity index (χ2v) is 6.39. The third-order valence-electron chi connectivity index (χ3n) is 4.25. The maximum absolute atomic E-state index is 12.5. The van der Waals surface area contributed by atoms with Crippen LogP contribution in [0.5, 0.6) is 5.75 Å². The summed E-state index contributed by atoms with van der Waals surface area (Å²) >= 11 is 6.20. The molecule has 28 heavy (non-hydrogen) atoms. The Kier molecular flexibility index (Phi) is 4.78. The number of aromatic hydroxyl groups is 1. The molecular weight excluding hydrogens is 376 g/mol. The molecule has 0 atom stereocenters. The van der Waals surface area contributed by atoms with E-state index in [1.807, 2.05) is 48.5 Å². The van der Waals surface area contributed by atoms with Gasteiger partial charge >= 0.3 is 0 Å². The van der Waals surface area contributed by atoms with Crippen LogP contribution in [0.2, 0.25) is 5.02 Å². The number of hydrazone groups is 1. The van der Waals surface area contributed by atoms with Crippen molar-refractivity contribution in [1.29, 1.82) is 0 Å². The molecule has 0 saturated carbocycles. The molecule has 0 radical (unpaired) electrons. The standard InChI is InChI=1S/C21H15ClN4O2/c22-20-18(13-24-26(21(20)28)15-7-2-1-3-8-15)25-23-12-17-16-9-5-4-6-14(16)10-11-19(17)27/h1-13,25,27H/b23-12-. The Morgan fingerprint density at radius 2 is 1.79 bits per heavy atom. The zero-order valence-corrected chi connectivity index (χ0v) is 15.3. The second kappa shape index (κ2) is 7.54. The maximum Gasteiger partial charge on any atom is 0.292 e. The first kappa shape index (κ1) is 17.8. The smallest absolute Gasteiger partial charge is 0.292 e. The van der Waals surface area contributed by atoms with E-state index in [2.05, 4.69) is 15.6 Å². The molecule has 0 saturated heterocycles. The molecule has 0 bridgehead atoms. The summed E-state index contributed by atoms with van der Waals surface area (Å²) in [6.45, 7) is 0. The summed E-state index contributed by atoms with van der Waals surface area (Å²) in [5.41, 5.74) is 3.72. The van der Waals surface area contributed by atoms with Crippen molar-refractivity contribution < 1.29 is 5.11 Å². The van der Waals surface area contributed by atoms with Crippen molar-refractivity contribution in [2.24, 2.45) is 5.10 Å². The van der Waals surface area contributed by atoms with Gasteiger partial charge in [-0.15, -0.1) is 0 Å². The lowest BCUT2D eigenvalue weighted by Crippen LogP contribution is -2.22. The number of para-hydroxylation sites is 1. The molecule has 7 heteroatoms. The molecule has 0 aliphatic carbocycles. The molecule has 0 aliphatic heterocycles. The Balaban J connectivity index is 1.64. The minimum atomic E-state index is -0.457. The van der Waals surface area contributed by atoms with Crippen molar-refractivity contribution >= 4 is 34.3 Å². The number of hydrogen-bond donors (Lipinski definition) is 2. The van der Waals surface area contributed by atoms with E-state index >= 15 is 0 Å². The van der Waals surface area contributed by atoms with Crippen LogP contribution < -0.4 is 11.0 Å². The fourth-order valence-electron chi connectivity index (χ4n) is 2.85. The Morgan fingerprint density at radius 3 is 2.61 bits per heavy atom. The highest BCUT2D eigenvalue weighted by Gasteiger charge is 2.10. The number of fused-ring (bicyclic) bond motifs is 1. The van der Waals surface area contributed by atoms with Crippen molar-refractivity contribution in [3.05, 3.63) is 93.9 Å². The van der Waals surface area contributed by atoms with Crippen LogP contribution in [0.4, 0.5) is 5.69 Å². The van der Waals surface area contributed by atoms with Crippen molar-refractivity contribution in [2.45, 2.75) is 0 Å². The van der Waals surface area contributed by atoms with Crippen molar-refractivity contribution in [1.82, 2.24) is 9.78 Å². The number of nitrogens with zero attached hydrogens (tertiary/aromatic N) is 3. The predicted molar refractivity (Wildman–Crippen MR) is 112 cm³/mol. The second-order valence-electron chi connectivity index (χ2n) is 6.01. The van der Waals surface area contributed by atoms with Gasteiger partial charge in [0.15, 0.2) is 0 Å². The third-order valence-corrected chi connectivity index (χ3v) is 4.61. The number of aromatic nitrogens is 2. The van der Waals surface area contributed by atoms with Gasteiger partial charge in [0, 0.05) is 5.56 Å². The molecule has 2 N–H and O–H groups in total. The van der Waals surface area contributed by atoms with Crippen LogP contribution >= 0.6 is 11.6 Å². The zero-order valence-electron chi connectivity index (χ0n) is 14.6. The summed E-state index contributed by atoms with van der Waals surface area (Å²) < 4.78 is 1.22. The van der Waals surface area contributed by atoms with E-state index in [0.717, 1.165) is 10.8 Å². The number of hydrogen-bond acceptors (Lipinski definition) is 5. The quantitative estimate of drug-likeness (QED) is 0.404. The van der Waals surface area contributed by atoms with E-state index in [9.17, 15) is 9.90 Å². The Bertz CT molecular complexity index is 1240. The first-order valence-electron chi connectivity index (χ1n) is 8.48. The van der Waals surface area contributed by atoms with Crippen LogP contribution in [0.15, 0.2) is 82.8 Å². The molecule has 4 rings (SSSR count). The maximum atomic E-state index is 12.5. The van der Waals surface area contributed by atoms with E-state index in [-0.39, 0.29) is 16.5 Å². The third kappa shape index (κ3) is 3.33. The molecule has 4 aromatic rings. The fraction of sp³-hybridized carbons (Fsp3) is 0. The molecule has 0 fully saturated rings. The van der Waals surface area contributed by atoms with Gasteiger partial charge in [-0.1, -0.05) is 60.1 Å². The van der Waals surface area contributed by atoms with Crippen LogP contribution in [-0.2, 0) is 0 Å². The number of anilines is 1. The SMILES string of the molecule is O=c1c(Cl)c(N/N=C\c2c(O)ccc3ccccc23)cnn1-c1ccccc1. The summed E-state index contributed by atoms with van der Waals surface area (Å²) in [6.07, 6.45) is 2.91. The average molecular weight is 391 g/mol. The number of phenols is 1. The molecular formula is C21H15ClN4O2. The monoisotopic (exact) mass is 390 g/mol. The molecule has 138 valence electrons. The molecule has 1 heterocycles.